The van der Waals surface area contributed by atoms with Gasteiger partial charge in [-0.15, -0.1) is 11.3 Å². The highest BCUT2D eigenvalue weighted by Gasteiger charge is 2.27. The Balaban J connectivity index is 1.97. The highest BCUT2D eigenvalue weighted by atomic mass is 32.1. The van der Waals surface area contributed by atoms with Gasteiger partial charge in [-0.3, -0.25) is 9.59 Å². The quantitative estimate of drug-likeness (QED) is 0.781. The number of primary amides is 1. The number of amides is 2. The van der Waals surface area contributed by atoms with E-state index in [4.69, 9.17) is 10.5 Å². The van der Waals surface area contributed by atoms with Crippen LogP contribution in [-0.2, 0) is 12.8 Å². The van der Waals surface area contributed by atoms with Crippen LogP contribution in [0, 0.1) is 0 Å². The fourth-order valence-corrected chi connectivity index (χ4v) is 4.44. The number of hydrogen-bond acceptors (Lipinski definition) is 5. The molecule has 0 saturated carbocycles. The molecule has 9 heteroatoms. The lowest BCUT2D eigenvalue weighted by molar-refractivity contribution is -0.0515. The van der Waals surface area contributed by atoms with Gasteiger partial charge in [-0.05, 0) is 43.4 Å². The molecule has 1 aromatic heterocycles. The lowest BCUT2D eigenvalue weighted by atomic mass is 9.95. The van der Waals surface area contributed by atoms with Gasteiger partial charge < -0.3 is 20.5 Å². The highest BCUT2D eigenvalue weighted by Crippen LogP contribution is 2.39. The van der Waals surface area contributed by atoms with Crippen molar-refractivity contribution >= 4 is 28.2 Å². The fourth-order valence-electron chi connectivity index (χ4n) is 3.15. The molecule has 1 aliphatic carbocycles. The summed E-state index contributed by atoms with van der Waals surface area (Å²) >= 11 is 1.29. The maximum atomic E-state index is 12.8. The molecule has 3 rings (SSSR count). The number of anilines is 1. The fraction of sp³-hybridized carbons (Fsp3) is 0.333. The smallest absolute Gasteiger partial charge is 0.387 e. The second-order valence-electron chi connectivity index (χ2n) is 5.95. The Labute approximate surface area is 158 Å². The molecule has 144 valence electrons. The topological polar surface area (TPSA) is 90.6 Å². The van der Waals surface area contributed by atoms with Gasteiger partial charge in [0.25, 0.3) is 11.8 Å². The number of benzene rings is 1. The molecule has 0 fully saturated rings. The minimum absolute atomic E-state index is 0.00329. The van der Waals surface area contributed by atoms with Gasteiger partial charge in [0.2, 0.25) is 0 Å². The molecule has 1 heterocycles. The molecule has 0 radical (unpaired) electrons. The highest BCUT2D eigenvalue weighted by molar-refractivity contribution is 7.17. The molecule has 0 aliphatic heterocycles. The first-order valence-corrected chi connectivity index (χ1v) is 9.11. The Kier molecular flexibility index (Phi) is 5.59. The van der Waals surface area contributed by atoms with E-state index in [2.05, 4.69) is 10.1 Å². The number of carbonyl (C=O) groups is 2. The summed E-state index contributed by atoms with van der Waals surface area (Å²) in [6.07, 6.45) is 3.48. The number of thiophene rings is 1. The van der Waals surface area contributed by atoms with Gasteiger partial charge in [0, 0.05) is 4.88 Å². The van der Waals surface area contributed by atoms with Crippen molar-refractivity contribution in [3.05, 3.63) is 39.8 Å². The summed E-state index contributed by atoms with van der Waals surface area (Å²) in [5.74, 6) is -1.68. The normalized spacial score (nSPS) is 13.2. The van der Waals surface area contributed by atoms with Crippen LogP contribution < -0.4 is 20.5 Å². The van der Waals surface area contributed by atoms with Gasteiger partial charge in [-0.1, -0.05) is 6.07 Å². The molecule has 0 bridgehead atoms. The average Bonchev–Trinajstić information content (AvgIpc) is 2.99. The summed E-state index contributed by atoms with van der Waals surface area (Å²) in [5.41, 5.74) is 6.54. The molecule has 1 aromatic carbocycles. The predicted molar refractivity (Wildman–Crippen MR) is 97.1 cm³/mol. The predicted octanol–water partition coefficient (Wildman–Crippen LogP) is 3.59. The Morgan fingerprint density at radius 3 is 2.67 bits per heavy atom. The Morgan fingerprint density at radius 1 is 1.26 bits per heavy atom. The molecule has 1 aliphatic rings. The van der Waals surface area contributed by atoms with Gasteiger partial charge in [-0.2, -0.15) is 8.78 Å². The summed E-state index contributed by atoms with van der Waals surface area (Å²) in [4.78, 5) is 25.7. The van der Waals surface area contributed by atoms with Crippen molar-refractivity contribution in [1.82, 2.24) is 0 Å². The Morgan fingerprint density at radius 2 is 2.00 bits per heavy atom. The molecule has 2 aromatic rings. The van der Waals surface area contributed by atoms with E-state index in [0.717, 1.165) is 36.1 Å². The lowest BCUT2D eigenvalue weighted by Crippen LogP contribution is -2.19. The minimum atomic E-state index is -3.12. The van der Waals surface area contributed by atoms with Crippen LogP contribution in [0.5, 0.6) is 11.5 Å². The molecule has 2 amide bonds. The van der Waals surface area contributed by atoms with Crippen molar-refractivity contribution in [3.8, 4) is 11.5 Å². The maximum absolute atomic E-state index is 12.8. The average molecular weight is 396 g/mol. The zero-order valence-corrected chi connectivity index (χ0v) is 15.3. The van der Waals surface area contributed by atoms with Crippen LogP contribution in [0.3, 0.4) is 0 Å². The van der Waals surface area contributed by atoms with Crippen LogP contribution in [0.15, 0.2) is 18.2 Å². The van der Waals surface area contributed by atoms with E-state index in [1.54, 1.807) is 0 Å². The third-order valence-electron chi connectivity index (χ3n) is 4.30. The first kappa shape index (κ1) is 19.1. The van der Waals surface area contributed by atoms with Crippen LogP contribution in [0.25, 0.3) is 0 Å². The van der Waals surface area contributed by atoms with Gasteiger partial charge in [0.05, 0.1) is 18.2 Å². The summed E-state index contributed by atoms with van der Waals surface area (Å²) < 4.78 is 35.0. The number of carbonyl (C=O) groups excluding carboxylic acids is 2. The molecule has 6 nitrogen and oxygen atoms in total. The Bertz CT molecular complexity index is 882. The number of ether oxygens (including phenoxy) is 2. The lowest BCUT2D eigenvalue weighted by Gasteiger charge is -2.14. The van der Waals surface area contributed by atoms with E-state index in [1.165, 1.54) is 36.6 Å². The number of alkyl halides is 2. The van der Waals surface area contributed by atoms with Crippen molar-refractivity contribution in [2.75, 3.05) is 12.4 Å². The van der Waals surface area contributed by atoms with Gasteiger partial charge >= 0.3 is 6.61 Å². The maximum Gasteiger partial charge on any atom is 0.387 e. The molecular weight excluding hydrogens is 378 g/mol. The van der Waals surface area contributed by atoms with E-state index in [9.17, 15) is 18.4 Å². The second kappa shape index (κ2) is 7.91. The molecule has 0 spiro atoms. The van der Waals surface area contributed by atoms with Crippen LogP contribution in [0.1, 0.15) is 44.0 Å². The Hall–Kier alpha value is -2.68. The van der Waals surface area contributed by atoms with Crippen LogP contribution in [-0.4, -0.2) is 25.5 Å². The molecule has 3 N–H and O–H groups in total. The molecule has 0 saturated heterocycles. The monoisotopic (exact) mass is 396 g/mol. The SMILES string of the molecule is COc1cccc(C(=O)Nc2sc3c(c2C(N)=O)CCCC3)c1OC(F)F. The van der Waals surface area contributed by atoms with Crippen molar-refractivity contribution in [2.45, 2.75) is 32.3 Å². The summed E-state index contributed by atoms with van der Waals surface area (Å²) in [5, 5.41) is 2.95. The zero-order chi connectivity index (χ0) is 19.6. The van der Waals surface area contributed by atoms with Crippen LogP contribution in [0.2, 0.25) is 0 Å². The number of rotatable bonds is 6. The van der Waals surface area contributed by atoms with Crippen molar-refractivity contribution in [3.63, 3.8) is 0 Å². The van der Waals surface area contributed by atoms with E-state index in [1.807, 2.05) is 0 Å². The van der Waals surface area contributed by atoms with Gasteiger partial charge in [-0.25, -0.2) is 0 Å². The van der Waals surface area contributed by atoms with E-state index in [-0.39, 0.29) is 17.1 Å². The van der Waals surface area contributed by atoms with E-state index < -0.39 is 18.4 Å². The summed E-state index contributed by atoms with van der Waals surface area (Å²) in [6.45, 7) is -3.12. The van der Waals surface area contributed by atoms with Crippen LogP contribution >= 0.6 is 11.3 Å². The van der Waals surface area contributed by atoms with Crippen molar-refractivity contribution < 1.29 is 27.8 Å². The van der Waals surface area contributed by atoms with E-state index >= 15 is 0 Å². The first-order valence-electron chi connectivity index (χ1n) is 8.29. The number of halogens is 2. The first-order chi connectivity index (χ1) is 12.9. The summed E-state index contributed by atoms with van der Waals surface area (Å²) in [6, 6.07) is 4.24. The molecular formula is C18H18F2N2O4S. The third-order valence-corrected chi connectivity index (χ3v) is 5.50. The second-order valence-corrected chi connectivity index (χ2v) is 7.05. The molecule has 0 atom stereocenters. The standard InChI is InChI=1S/C18H18F2N2O4S/c1-25-11-7-4-6-10(14(11)26-18(19)20)16(24)22-17-13(15(21)23)9-5-2-3-8-12(9)27-17/h4,6-7,18H,2-3,5,8H2,1H3,(H2,21,23)(H,22,24). The number of para-hydroxylation sites is 1. The zero-order valence-electron chi connectivity index (χ0n) is 14.5. The summed E-state index contributed by atoms with van der Waals surface area (Å²) in [7, 11) is 1.29. The number of hydrogen-bond donors (Lipinski definition) is 2. The van der Waals surface area contributed by atoms with Crippen LogP contribution in [0.4, 0.5) is 13.8 Å². The van der Waals surface area contributed by atoms with Crippen molar-refractivity contribution in [2.24, 2.45) is 5.73 Å². The third kappa shape index (κ3) is 3.87. The number of nitrogens with two attached hydrogens (primary N) is 1. The number of fused-ring (bicyclic) bond motifs is 1. The number of aryl methyl sites for hydroxylation is 1. The number of methoxy groups -OCH3 is 1. The van der Waals surface area contributed by atoms with Gasteiger partial charge in [0.15, 0.2) is 11.5 Å². The largest absolute Gasteiger partial charge is 0.493 e. The van der Waals surface area contributed by atoms with Gasteiger partial charge in [0.1, 0.15) is 5.00 Å². The molecule has 0 unspecified atom stereocenters. The van der Waals surface area contributed by atoms with Crippen molar-refractivity contribution in [1.29, 1.82) is 0 Å². The van der Waals surface area contributed by atoms with E-state index in [0.29, 0.717) is 10.6 Å². The molecule has 27 heavy (non-hydrogen) atoms. The number of nitrogens with one attached hydrogen (secondary N) is 1. The minimum Gasteiger partial charge on any atom is -0.493 e.